The van der Waals surface area contributed by atoms with Crippen molar-refractivity contribution >= 4 is 40.5 Å². The first kappa shape index (κ1) is 18.1. The van der Waals surface area contributed by atoms with Gasteiger partial charge in [0.25, 0.3) is 0 Å². The molecule has 2 N–H and O–H groups in total. The van der Waals surface area contributed by atoms with Gasteiger partial charge in [0.05, 0.1) is 12.1 Å². The minimum absolute atomic E-state index is 0.350. The fraction of sp³-hybridized carbons (Fsp3) is 0.263. The molecule has 2 amide bonds. The molecule has 2 aromatic rings. The van der Waals surface area contributed by atoms with E-state index < -0.39 is 11.8 Å². The van der Waals surface area contributed by atoms with Gasteiger partial charge in [0.2, 0.25) is 0 Å². The summed E-state index contributed by atoms with van der Waals surface area (Å²) < 4.78 is 5.05. The van der Waals surface area contributed by atoms with Crippen molar-refractivity contribution in [2.45, 2.75) is 12.8 Å². The van der Waals surface area contributed by atoms with Gasteiger partial charge in [-0.1, -0.05) is 11.6 Å². The van der Waals surface area contributed by atoms with Crippen LogP contribution < -0.4 is 20.3 Å². The number of carbonyl (C=O) groups is 2. The lowest BCUT2D eigenvalue weighted by Gasteiger charge is -2.17. The summed E-state index contributed by atoms with van der Waals surface area (Å²) in [6, 6.07) is 12.2. The number of hydrogen-bond acceptors (Lipinski definition) is 4. The van der Waals surface area contributed by atoms with Crippen LogP contribution in [-0.4, -0.2) is 32.0 Å². The molecule has 26 heavy (non-hydrogen) atoms. The standard InChI is InChI=1S/C19H20ClN3O3/c1-26-17-9-6-14(12-16(17)20)22-19(25)18(24)21-13-4-7-15(8-5-13)23-10-2-3-11-23/h4-9,12H,2-3,10-11H2,1H3,(H,21,24)(H,22,25). The zero-order chi connectivity index (χ0) is 18.5. The molecule has 0 spiro atoms. The van der Waals surface area contributed by atoms with Crippen LogP contribution in [0, 0.1) is 0 Å². The van der Waals surface area contributed by atoms with E-state index in [-0.39, 0.29) is 0 Å². The highest BCUT2D eigenvalue weighted by Crippen LogP contribution is 2.27. The van der Waals surface area contributed by atoms with Crippen LogP contribution in [0.5, 0.6) is 5.75 Å². The number of nitrogens with zero attached hydrogens (tertiary/aromatic N) is 1. The number of anilines is 3. The summed E-state index contributed by atoms with van der Waals surface area (Å²) in [5, 5.41) is 5.45. The Morgan fingerprint density at radius 2 is 1.54 bits per heavy atom. The van der Waals surface area contributed by atoms with E-state index in [1.54, 1.807) is 24.3 Å². The molecule has 7 heteroatoms. The van der Waals surface area contributed by atoms with E-state index in [1.165, 1.54) is 26.0 Å². The summed E-state index contributed by atoms with van der Waals surface area (Å²) in [6.07, 6.45) is 2.40. The Bertz CT molecular complexity index is 802. The highest BCUT2D eigenvalue weighted by atomic mass is 35.5. The summed E-state index contributed by atoms with van der Waals surface area (Å²) in [4.78, 5) is 26.4. The Balaban J connectivity index is 1.58. The van der Waals surface area contributed by atoms with E-state index in [2.05, 4.69) is 15.5 Å². The normalized spacial score (nSPS) is 13.4. The molecule has 1 fully saturated rings. The number of rotatable bonds is 4. The zero-order valence-corrected chi connectivity index (χ0v) is 15.2. The van der Waals surface area contributed by atoms with Crippen molar-refractivity contribution in [3.05, 3.63) is 47.5 Å². The minimum Gasteiger partial charge on any atom is -0.495 e. The first-order valence-electron chi connectivity index (χ1n) is 8.38. The number of benzene rings is 2. The monoisotopic (exact) mass is 373 g/mol. The SMILES string of the molecule is COc1ccc(NC(=O)C(=O)Nc2ccc(N3CCCC3)cc2)cc1Cl. The average Bonchev–Trinajstić information content (AvgIpc) is 3.17. The van der Waals surface area contributed by atoms with Crippen molar-refractivity contribution in [1.82, 2.24) is 0 Å². The minimum atomic E-state index is -0.769. The third-order valence-corrected chi connectivity index (χ3v) is 4.51. The smallest absolute Gasteiger partial charge is 0.314 e. The van der Waals surface area contributed by atoms with Gasteiger partial charge < -0.3 is 20.3 Å². The number of hydrogen-bond donors (Lipinski definition) is 2. The highest BCUT2D eigenvalue weighted by Gasteiger charge is 2.16. The molecule has 1 heterocycles. The van der Waals surface area contributed by atoms with Gasteiger partial charge in [0.15, 0.2) is 0 Å². The summed E-state index contributed by atoms with van der Waals surface area (Å²) in [5.74, 6) is -1.02. The summed E-state index contributed by atoms with van der Waals surface area (Å²) >= 11 is 6.01. The Kier molecular flexibility index (Phi) is 5.63. The van der Waals surface area contributed by atoms with Crippen molar-refractivity contribution < 1.29 is 14.3 Å². The molecule has 1 aliphatic rings. The maximum absolute atomic E-state index is 12.1. The number of halogens is 1. The molecule has 0 atom stereocenters. The van der Waals surface area contributed by atoms with Gasteiger partial charge in [-0.05, 0) is 55.3 Å². The summed E-state index contributed by atoms with van der Waals surface area (Å²) in [5.41, 5.74) is 2.11. The first-order chi connectivity index (χ1) is 12.6. The third kappa shape index (κ3) is 4.26. The molecule has 0 saturated carbocycles. The lowest BCUT2D eigenvalue weighted by molar-refractivity contribution is -0.132. The van der Waals surface area contributed by atoms with Crippen LogP contribution in [0.3, 0.4) is 0 Å². The number of nitrogens with one attached hydrogen (secondary N) is 2. The molecule has 6 nitrogen and oxygen atoms in total. The maximum atomic E-state index is 12.1. The zero-order valence-electron chi connectivity index (χ0n) is 14.4. The van der Waals surface area contributed by atoms with Gasteiger partial charge in [0, 0.05) is 30.2 Å². The molecule has 0 aromatic heterocycles. The maximum Gasteiger partial charge on any atom is 0.314 e. The van der Waals surface area contributed by atoms with Crippen molar-refractivity contribution in [2.24, 2.45) is 0 Å². The second-order valence-electron chi connectivity index (χ2n) is 6.00. The van der Waals surface area contributed by atoms with E-state index in [9.17, 15) is 9.59 Å². The Labute approximate surface area is 157 Å². The van der Waals surface area contributed by atoms with E-state index in [0.29, 0.717) is 22.1 Å². The highest BCUT2D eigenvalue weighted by molar-refractivity contribution is 6.43. The largest absolute Gasteiger partial charge is 0.495 e. The molecule has 136 valence electrons. The second-order valence-corrected chi connectivity index (χ2v) is 6.41. The summed E-state index contributed by atoms with van der Waals surface area (Å²) in [6.45, 7) is 2.11. The van der Waals surface area contributed by atoms with Crippen molar-refractivity contribution in [2.75, 3.05) is 35.7 Å². The van der Waals surface area contributed by atoms with Gasteiger partial charge in [-0.15, -0.1) is 0 Å². The van der Waals surface area contributed by atoms with Crippen LogP contribution in [0.15, 0.2) is 42.5 Å². The van der Waals surface area contributed by atoms with E-state index >= 15 is 0 Å². The van der Waals surface area contributed by atoms with Crippen LogP contribution in [0.2, 0.25) is 5.02 Å². The van der Waals surface area contributed by atoms with Crippen LogP contribution in [0.4, 0.5) is 17.1 Å². The molecule has 1 aliphatic heterocycles. The molecular formula is C19H20ClN3O3. The number of methoxy groups -OCH3 is 1. The quantitative estimate of drug-likeness (QED) is 0.804. The molecule has 0 radical (unpaired) electrons. The second kappa shape index (κ2) is 8.10. The molecular weight excluding hydrogens is 354 g/mol. The lowest BCUT2D eigenvalue weighted by atomic mass is 10.2. The number of ether oxygens (including phenoxy) is 1. The van der Waals surface area contributed by atoms with Gasteiger partial charge in [-0.2, -0.15) is 0 Å². The molecule has 0 bridgehead atoms. The Hall–Kier alpha value is -2.73. The van der Waals surface area contributed by atoms with Crippen LogP contribution in [-0.2, 0) is 9.59 Å². The molecule has 0 aliphatic carbocycles. The first-order valence-corrected chi connectivity index (χ1v) is 8.75. The van der Waals surface area contributed by atoms with Crippen LogP contribution in [0.1, 0.15) is 12.8 Å². The third-order valence-electron chi connectivity index (χ3n) is 4.21. The molecule has 2 aromatic carbocycles. The number of carbonyl (C=O) groups excluding carboxylic acids is 2. The fourth-order valence-corrected chi connectivity index (χ4v) is 3.11. The van der Waals surface area contributed by atoms with Crippen LogP contribution in [0.25, 0.3) is 0 Å². The van der Waals surface area contributed by atoms with E-state index in [4.69, 9.17) is 16.3 Å². The van der Waals surface area contributed by atoms with Crippen molar-refractivity contribution in [3.8, 4) is 5.75 Å². The molecule has 1 saturated heterocycles. The van der Waals surface area contributed by atoms with E-state index in [1.807, 2.05) is 12.1 Å². The van der Waals surface area contributed by atoms with E-state index in [0.717, 1.165) is 18.8 Å². The number of amides is 2. The van der Waals surface area contributed by atoms with Gasteiger partial charge in [0.1, 0.15) is 5.75 Å². The predicted molar refractivity (Wildman–Crippen MR) is 103 cm³/mol. The van der Waals surface area contributed by atoms with Gasteiger partial charge in [-0.3, -0.25) is 9.59 Å². The lowest BCUT2D eigenvalue weighted by Crippen LogP contribution is -2.29. The Morgan fingerprint density at radius 1 is 0.962 bits per heavy atom. The average molecular weight is 374 g/mol. The van der Waals surface area contributed by atoms with Crippen molar-refractivity contribution in [3.63, 3.8) is 0 Å². The predicted octanol–water partition coefficient (Wildman–Crippen LogP) is 3.53. The van der Waals surface area contributed by atoms with Crippen LogP contribution >= 0.6 is 11.6 Å². The molecule has 0 unspecified atom stereocenters. The topological polar surface area (TPSA) is 70.7 Å². The Morgan fingerprint density at radius 3 is 2.12 bits per heavy atom. The van der Waals surface area contributed by atoms with Crippen molar-refractivity contribution in [1.29, 1.82) is 0 Å². The van der Waals surface area contributed by atoms with Gasteiger partial charge in [-0.25, -0.2) is 0 Å². The summed E-state index contributed by atoms with van der Waals surface area (Å²) in [7, 11) is 1.50. The fourth-order valence-electron chi connectivity index (χ4n) is 2.85. The molecule has 3 rings (SSSR count). The van der Waals surface area contributed by atoms with Gasteiger partial charge >= 0.3 is 11.8 Å².